The molecule has 2 aromatic rings. The predicted octanol–water partition coefficient (Wildman–Crippen LogP) is 2.14. The maximum atomic E-state index is 13.6. The van der Waals surface area contributed by atoms with Gasteiger partial charge >= 0.3 is 0 Å². The number of halogens is 1. The average Bonchev–Trinajstić information content (AvgIpc) is 2.63. The predicted molar refractivity (Wildman–Crippen MR) is 93.1 cm³/mol. The highest BCUT2D eigenvalue weighted by Gasteiger charge is 2.19. The topological polar surface area (TPSA) is 65.5 Å². The molecule has 25 heavy (non-hydrogen) atoms. The second kappa shape index (κ2) is 7.29. The quantitative estimate of drug-likeness (QED) is 0.928. The number of benzene rings is 1. The molecule has 3 rings (SSSR count). The second-order valence-corrected chi connectivity index (χ2v) is 5.83. The summed E-state index contributed by atoms with van der Waals surface area (Å²) < 4.78 is 13.6. The molecule has 0 saturated carbocycles. The van der Waals surface area contributed by atoms with E-state index in [1.54, 1.807) is 36.2 Å². The fourth-order valence-electron chi connectivity index (χ4n) is 2.74. The zero-order valence-electron chi connectivity index (χ0n) is 13.9. The van der Waals surface area contributed by atoms with Crippen molar-refractivity contribution >= 4 is 23.3 Å². The molecule has 0 spiro atoms. The summed E-state index contributed by atoms with van der Waals surface area (Å²) in [5.74, 6) is -0.207. The standard InChI is InChI=1S/C18H19FN4O2/c1-13(24)22-8-10-23(11-9-22)17-7-6-14(12-20-17)21-18(25)15-4-2-3-5-16(15)19/h2-7,12H,8-11H2,1H3,(H,21,25). The molecule has 2 amide bonds. The molecule has 6 nitrogen and oxygen atoms in total. The van der Waals surface area contributed by atoms with E-state index in [-0.39, 0.29) is 11.5 Å². The Morgan fingerprint density at radius 3 is 2.40 bits per heavy atom. The van der Waals surface area contributed by atoms with Gasteiger partial charge in [0.25, 0.3) is 5.91 Å². The van der Waals surface area contributed by atoms with Crippen LogP contribution in [0.4, 0.5) is 15.9 Å². The van der Waals surface area contributed by atoms with E-state index in [0.717, 1.165) is 5.82 Å². The molecule has 0 radical (unpaired) electrons. The summed E-state index contributed by atoms with van der Waals surface area (Å²) in [5.41, 5.74) is 0.492. The van der Waals surface area contributed by atoms with E-state index in [1.165, 1.54) is 18.2 Å². The lowest BCUT2D eigenvalue weighted by atomic mass is 10.2. The largest absolute Gasteiger partial charge is 0.353 e. The third-order valence-corrected chi connectivity index (χ3v) is 4.17. The number of amides is 2. The van der Waals surface area contributed by atoms with Crippen LogP contribution in [0.1, 0.15) is 17.3 Å². The molecule has 0 atom stereocenters. The van der Waals surface area contributed by atoms with Crippen molar-refractivity contribution in [2.24, 2.45) is 0 Å². The molecule has 1 aliphatic rings. The lowest BCUT2D eigenvalue weighted by Crippen LogP contribution is -2.48. The second-order valence-electron chi connectivity index (χ2n) is 5.83. The number of nitrogens with one attached hydrogen (secondary N) is 1. The monoisotopic (exact) mass is 342 g/mol. The highest BCUT2D eigenvalue weighted by molar-refractivity contribution is 6.04. The van der Waals surface area contributed by atoms with Crippen LogP contribution in [0.25, 0.3) is 0 Å². The van der Waals surface area contributed by atoms with E-state index >= 15 is 0 Å². The molecular weight excluding hydrogens is 323 g/mol. The van der Waals surface area contributed by atoms with Crippen LogP contribution < -0.4 is 10.2 Å². The van der Waals surface area contributed by atoms with E-state index in [4.69, 9.17) is 0 Å². The Morgan fingerprint density at radius 1 is 1.08 bits per heavy atom. The van der Waals surface area contributed by atoms with Crippen molar-refractivity contribution in [2.75, 3.05) is 36.4 Å². The first-order chi connectivity index (χ1) is 12.0. The van der Waals surface area contributed by atoms with Gasteiger partial charge in [0.2, 0.25) is 5.91 Å². The average molecular weight is 342 g/mol. The molecule has 1 aliphatic heterocycles. The van der Waals surface area contributed by atoms with Crippen LogP contribution in [-0.2, 0) is 4.79 Å². The van der Waals surface area contributed by atoms with Crippen LogP contribution in [0.3, 0.4) is 0 Å². The van der Waals surface area contributed by atoms with Gasteiger partial charge in [-0.1, -0.05) is 12.1 Å². The Balaban J connectivity index is 1.62. The van der Waals surface area contributed by atoms with Gasteiger partial charge in [-0.2, -0.15) is 0 Å². The fraction of sp³-hybridized carbons (Fsp3) is 0.278. The van der Waals surface area contributed by atoms with Crippen molar-refractivity contribution in [2.45, 2.75) is 6.92 Å². The van der Waals surface area contributed by atoms with Crippen molar-refractivity contribution in [3.63, 3.8) is 0 Å². The Bertz CT molecular complexity index is 771. The molecular formula is C18H19FN4O2. The molecule has 1 saturated heterocycles. The summed E-state index contributed by atoms with van der Waals surface area (Å²) in [6.07, 6.45) is 1.55. The van der Waals surface area contributed by atoms with Crippen LogP contribution in [0.15, 0.2) is 42.6 Å². The minimum absolute atomic E-state index is 0.00747. The molecule has 130 valence electrons. The van der Waals surface area contributed by atoms with Crippen molar-refractivity contribution in [3.05, 3.63) is 54.0 Å². The van der Waals surface area contributed by atoms with Crippen LogP contribution in [0, 0.1) is 5.82 Å². The summed E-state index contributed by atoms with van der Waals surface area (Å²) in [6.45, 7) is 4.34. The van der Waals surface area contributed by atoms with Crippen LogP contribution in [0.5, 0.6) is 0 Å². The summed E-state index contributed by atoms with van der Waals surface area (Å²) >= 11 is 0. The van der Waals surface area contributed by atoms with Gasteiger partial charge in [0, 0.05) is 33.1 Å². The van der Waals surface area contributed by atoms with E-state index in [1.807, 2.05) is 0 Å². The summed E-state index contributed by atoms with van der Waals surface area (Å²) in [6, 6.07) is 9.37. The van der Waals surface area contributed by atoms with E-state index in [2.05, 4.69) is 15.2 Å². The summed E-state index contributed by atoms with van der Waals surface area (Å²) in [7, 11) is 0. The number of aromatic nitrogens is 1. The van der Waals surface area contributed by atoms with Crippen LogP contribution in [-0.4, -0.2) is 47.9 Å². The Morgan fingerprint density at radius 2 is 1.80 bits per heavy atom. The maximum absolute atomic E-state index is 13.6. The van der Waals surface area contributed by atoms with E-state index in [0.29, 0.717) is 31.9 Å². The Kier molecular flexibility index (Phi) is 4.92. The van der Waals surface area contributed by atoms with Crippen molar-refractivity contribution in [3.8, 4) is 0 Å². The first kappa shape index (κ1) is 16.9. The smallest absolute Gasteiger partial charge is 0.258 e. The molecule has 0 bridgehead atoms. The zero-order valence-corrected chi connectivity index (χ0v) is 13.9. The van der Waals surface area contributed by atoms with Crippen LogP contribution >= 0.6 is 0 Å². The Hall–Kier alpha value is -2.96. The number of carbonyl (C=O) groups is 2. The van der Waals surface area contributed by atoms with Gasteiger partial charge in [0.05, 0.1) is 17.4 Å². The number of anilines is 2. The molecule has 1 aromatic heterocycles. The first-order valence-electron chi connectivity index (χ1n) is 8.07. The molecule has 2 heterocycles. The SMILES string of the molecule is CC(=O)N1CCN(c2ccc(NC(=O)c3ccccc3F)cn2)CC1. The molecule has 1 aromatic carbocycles. The maximum Gasteiger partial charge on any atom is 0.258 e. The highest BCUT2D eigenvalue weighted by Crippen LogP contribution is 2.17. The molecule has 1 N–H and O–H groups in total. The summed E-state index contributed by atoms with van der Waals surface area (Å²) in [4.78, 5) is 31.7. The van der Waals surface area contributed by atoms with Gasteiger partial charge in [-0.15, -0.1) is 0 Å². The molecule has 1 fully saturated rings. The fourth-order valence-corrected chi connectivity index (χ4v) is 2.74. The van der Waals surface area contributed by atoms with Gasteiger partial charge in [-0.3, -0.25) is 9.59 Å². The lowest BCUT2D eigenvalue weighted by Gasteiger charge is -2.34. The number of nitrogens with zero attached hydrogens (tertiary/aromatic N) is 3. The number of hydrogen-bond acceptors (Lipinski definition) is 4. The number of pyridine rings is 1. The van der Waals surface area contributed by atoms with Crippen molar-refractivity contribution in [1.82, 2.24) is 9.88 Å². The number of piperazine rings is 1. The van der Waals surface area contributed by atoms with Gasteiger partial charge in [-0.25, -0.2) is 9.37 Å². The third-order valence-electron chi connectivity index (χ3n) is 4.17. The first-order valence-corrected chi connectivity index (χ1v) is 8.07. The third kappa shape index (κ3) is 3.93. The van der Waals surface area contributed by atoms with Crippen LogP contribution in [0.2, 0.25) is 0 Å². The lowest BCUT2D eigenvalue weighted by molar-refractivity contribution is -0.129. The molecule has 0 aliphatic carbocycles. The minimum Gasteiger partial charge on any atom is -0.353 e. The van der Waals surface area contributed by atoms with Crippen molar-refractivity contribution in [1.29, 1.82) is 0 Å². The van der Waals surface area contributed by atoms with Gasteiger partial charge < -0.3 is 15.1 Å². The molecule has 7 heteroatoms. The number of carbonyl (C=O) groups excluding carboxylic acids is 2. The van der Waals surface area contributed by atoms with Crippen molar-refractivity contribution < 1.29 is 14.0 Å². The Labute approximate surface area is 145 Å². The number of hydrogen-bond donors (Lipinski definition) is 1. The zero-order chi connectivity index (χ0) is 17.8. The van der Waals surface area contributed by atoms with Gasteiger partial charge in [-0.05, 0) is 24.3 Å². The van der Waals surface area contributed by atoms with E-state index in [9.17, 15) is 14.0 Å². The summed E-state index contributed by atoms with van der Waals surface area (Å²) in [5, 5.41) is 2.64. The highest BCUT2D eigenvalue weighted by atomic mass is 19.1. The molecule has 0 unspecified atom stereocenters. The normalized spacial score (nSPS) is 14.3. The van der Waals surface area contributed by atoms with Gasteiger partial charge in [0.15, 0.2) is 0 Å². The van der Waals surface area contributed by atoms with Gasteiger partial charge in [0.1, 0.15) is 11.6 Å². The van der Waals surface area contributed by atoms with E-state index < -0.39 is 11.7 Å². The minimum atomic E-state index is -0.562. The number of rotatable bonds is 3.